The second-order valence-corrected chi connectivity index (χ2v) is 7.60. The SMILES string of the molecule is CC(C)N(C)S(=O)(=O)N(CCCN)C1CCCCC1. The average Bonchev–Trinajstić information content (AvgIpc) is 2.39. The minimum Gasteiger partial charge on any atom is -0.330 e. The summed E-state index contributed by atoms with van der Waals surface area (Å²) in [7, 11) is -1.70. The highest BCUT2D eigenvalue weighted by Gasteiger charge is 2.34. The lowest BCUT2D eigenvalue weighted by molar-refractivity contribution is 0.232. The van der Waals surface area contributed by atoms with Crippen LogP contribution in [-0.4, -0.2) is 49.2 Å². The normalized spacial score (nSPS) is 18.7. The van der Waals surface area contributed by atoms with E-state index >= 15 is 0 Å². The fraction of sp³-hybridized carbons (Fsp3) is 1.00. The molecule has 1 saturated carbocycles. The van der Waals surface area contributed by atoms with Crippen LogP contribution in [-0.2, 0) is 10.2 Å². The summed E-state index contributed by atoms with van der Waals surface area (Å²) in [5.74, 6) is 0. The lowest BCUT2D eigenvalue weighted by atomic mass is 9.95. The molecule has 1 aliphatic carbocycles. The maximum atomic E-state index is 12.7. The Balaban J connectivity index is 2.88. The molecule has 19 heavy (non-hydrogen) atoms. The Morgan fingerprint density at radius 1 is 1.21 bits per heavy atom. The van der Waals surface area contributed by atoms with E-state index in [1.165, 1.54) is 10.7 Å². The molecule has 0 atom stereocenters. The lowest BCUT2D eigenvalue weighted by Gasteiger charge is -2.37. The molecule has 0 amide bonds. The zero-order valence-electron chi connectivity index (χ0n) is 12.5. The summed E-state index contributed by atoms with van der Waals surface area (Å²) in [6.45, 7) is 4.88. The van der Waals surface area contributed by atoms with Crippen LogP contribution < -0.4 is 5.73 Å². The van der Waals surface area contributed by atoms with Gasteiger partial charge in [0.15, 0.2) is 0 Å². The third-order valence-corrected chi connectivity index (χ3v) is 6.17. The zero-order chi connectivity index (χ0) is 14.5. The fourth-order valence-electron chi connectivity index (χ4n) is 2.53. The smallest absolute Gasteiger partial charge is 0.282 e. The zero-order valence-corrected chi connectivity index (χ0v) is 13.3. The molecule has 0 spiro atoms. The van der Waals surface area contributed by atoms with Gasteiger partial charge < -0.3 is 5.73 Å². The van der Waals surface area contributed by atoms with Crippen molar-refractivity contribution in [2.75, 3.05) is 20.1 Å². The van der Waals surface area contributed by atoms with Crippen molar-refractivity contribution in [1.29, 1.82) is 0 Å². The number of rotatable bonds is 7. The summed E-state index contributed by atoms with van der Waals surface area (Å²) < 4.78 is 28.5. The van der Waals surface area contributed by atoms with Gasteiger partial charge in [-0.2, -0.15) is 17.0 Å². The maximum Gasteiger partial charge on any atom is 0.282 e. The Morgan fingerprint density at radius 2 is 1.79 bits per heavy atom. The van der Waals surface area contributed by atoms with Gasteiger partial charge in [-0.1, -0.05) is 19.3 Å². The van der Waals surface area contributed by atoms with Crippen LogP contribution in [0.2, 0.25) is 0 Å². The standard InChI is InChI=1S/C13H29N3O2S/c1-12(2)15(3)19(17,18)16(11-7-10-14)13-8-5-4-6-9-13/h12-13H,4-11,14H2,1-3H3. The van der Waals surface area contributed by atoms with Crippen molar-refractivity contribution in [3.63, 3.8) is 0 Å². The van der Waals surface area contributed by atoms with Crippen LogP contribution in [0.3, 0.4) is 0 Å². The Morgan fingerprint density at radius 3 is 2.26 bits per heavy atom. The van der Waals surface area contributed by atoms with Crippen molar-refractivity contribution in [3.05, 3.63) is 0 Å². The van der Waals surface area contributed by atoms with Crippen LogP contribution in [0, 0.1) is 0 Å². The van der Waals surface area contributed by atoms with E-state index in [1.807, 2.05) is 13.8 Å². The molecule has 0 saturated heterocycles. The van der Waals surface area contributed by atoms with E-state index in [0.29, 0.717) is 13.1 Å². The summed E-state index contributed by atoms with van der Waals surface area (Å²) in [5, 5.41) is 0. The molecule has 0 radical (unpaired) electrons. The number of nitrogens with zero attached hydrogens (tertiary/aromatic N) is 2. The summed E-state index contributed by atoms with van der Waals surface area (Å²) in [6, 6.07) is 0.139. The molecule has 1 aliphatic rings. The summed E-state index contributed by atoms with van der Waals surface area (Å²) >= 11 is 0. The number of nitrogens with two attached hydrogens (primary N) is 1. The van der Waals surface area contributed by atoms with Gasteiger partial charge in [0.05, 0.1) is 0 Å². The molecule has 114 valence electrons. The molecule has 0 unspecified atom stereocenters. The van der Waals surface area contributed by atoms with Crippen molar-refractivity contribution >= 4 is 10.2 Å². The lowest BCUT2D eigenvalue weighted by Crippen LogP contribution is -2.50. The average molecular weight is 291 g/mol. The number of hydrogen-bond donors (Lipinski definition) is 1. The Hall–Kier alpha value is -0.170. The maximum absolute atomic E-state index is 12.7. The van der Waals surface area contributed by atoms with Crippen molar-refractivity contribution in [2.45, 2.75) is 64.5 Å². The van der Waals surface area contributed by atoms with Crippen molar-refractivity contribution in [3.8, 4) is 0 Å². The molecule has 0 aromatic carbocycles. The Labute approximate surface area is 118 Å². The monoisotopic (exact) mass is 291 g/mol. The van der Waals surface area contributed by atoms with Gasteiger partial charge in [0.25, 0.3) is 10.2 Å². The van der Waals surface area contributed by atoms with E-state index in [2.05, 4.69) is 0 Å². The molecule has 0 aromatic heterocycles. The van der Waals surface area contributed by atoms with Crippen LogP contribution in [0.15, 0.2) is 0 Å². The van der Waals surface area contributed by atoms with Crippen LogP contribution in [0.1, 0.15) is 52.4 Å². The molecule has 1 fully saturated rings. The molecule has 6 heteroatoms. The summed E-state index contributed by atoms with van der Waals surface area (Å²) in [5.41, 5.74) is 5.55. The van der Waals surface area contributed by atoms with Crippen molar-refractivity contribution < 1.29 is 8.42 Å². The highest BCUT2D eigenvalue weighted by Crippen LogP contribution is 2.26. The molecule has 2 N–H and O–H groups in total. The fourth-order valence-corrected chi connectivity index (χ4v) is 4.35. The van der Waals surface area contributed by atoms with Gasteiger partial charge in [-0.25, -0.2) is 0 Å². The van der Waals surface area contributed by atoms with Gasteiger partial charge in [0, 0.05) is 25.7 Å². The van der Waals surface area contributed by atoms with E-state index in [0.717, 1.165) is 32.1 Å². The van der Waals surface area contributed by atoms with Crippen LogP contribution in [0.5, 0.6) is 0 Å². The first-order valence-electron chi connectivity index (χ1n) is 7.36. The largest absolute Gasteiger partial charge is 0.330 e. The minimum absolute atomic E-state index is 0.0195. The van der Waals surface area contributed by atoms with Crippen LogP contribution in [0.25, 0.3) is 0 Å². The molecule has 0 aliphatic heterocycles. The van der Waals surface area contributed by atoms with Gasteiger partial charge in [-0.3, -0.25) is 0 Å². The Bertz CT molecular complexity index is 351. The molecule has 0 bridgehead atoms. The third-order valence-electron chi connectivity index (χ3n) is 3.95. The quantitative estimate of drug-likeness (QED) is 0.774. The molecule has 0 aromatic rings. The van der Waals surface area contributed by atoms with Gasteiger partial charge in [-0.05, 0) is 39.7 Å². The van der Waals surface area contributed by atoms with E-state index in [9.17, 15) is 8.42 Å². The predicted octanol–water partition coefficient (Wildman–Crippen LogP) is 1.55. The first-order chi connectivity index (χ1) is 8.91. The van der Waals surface area contributed by atoms with E-state index < -0.39 is 10.2 Å². The first-order valence-corrected chi connectivity index (χ1v) is 8.75. The number of hydrogen-bond acceptors (Lipinski definition) is 3. The Kier molecular flexibility index (Phi) is 6.73. The van der Waals surface area contributed by atoms with Gasteiger partial charge in [0.1, 0.15) is 0 Å². The summed E-state index contributed by atoms with van der Waals surface area (Å²) in [6.07, 6.45) is 6.17. The second kappa shape index (κ2) is 7.57. The van der Waals surface area contributed by atoms with Gasteiger partial charge >= 0.3 is 0 Å². The highest BCUT2D eigenvalue weighted by molar-refractivity contribution is 7.86. The predicted molar refractivity (Wildman–Crippen MR) is 79.1 cm³/mol. The molecular weight excluding hydrogens is 262 g/mol. The van der Waals surface area contributed by atoms with Crippen molar-refractivity contribution in [1.82, 2.24) is 8.61 Å². The van der Waals surface area contributed by atoms with E-state index in [1.54, 1.807) is 11.4 Å². The summed E-state index contributed by atoms with van der Waals surface area (Å²) in [4.78, 5) is 0. The van der Waals surface area contributed by atoms with Gasteiger partial charge in [0.2, 0.25) is 0 Å². The topological polar surface area (TPSA) is 66.6 Å². The van der Waals surface area contributed by atoms with Crippen molar-refractivity contribution in [2.24, 2.45) is 5.73 Å². The molecule has 5 nitrogen and oxygen atoms in total. The highest BCUT2D eigenvalue weighted by atomic mass is 32.2. The van der Waals surface area contributed by atoms with Crippen LogP contribution >= 0.6 is 0 Å². The van der Waals surface area contributed by atoms with E-state index in [4.69, 9.17) is 5.73 Å². The van der Waals surface area contributed by atoms with Crippen LogP contribution in [0.4, 0.5) is 0 Å². The van der Waals surface area contributed by atoms with E-state index in [-0.39, 0.29) is 12.1 Å². The molecule has 0 heterocycles. The third kappa shape index (κ3) is 4.41. The first kappa shape index (κ1) is 16.9. The minimum atomic E-state index is -3.36. The second-order valence-electron chi connectivity index (χ2n) is 5.66. The molecular formula is C13H29N3O2S. The molecule has 1 rings (SSSR count). The van der Waals surface area contributed by atoms with Gasteiger partial charge in [-0.15, -0.1) is 0 Å².